The van der Waals surface area contributed by atoms with Gasteiger partial charge in [0.2, 0.25) is 15.9 Å². The summed E-state index contributed by atoms with van der Waals surface area (Å²) in [5, 5.41) is 0. The molecule has 128 valence electrons. The number of amides is 1. The minimum atomic E-state index is -3.58. The van der Waals surface area contributed by atoms with Gasteiger partial charge in [0.25, 0.3) is 0 Å². The first-order valence-electron chi connectivity index (χ1n) is 7.93. The van der Waals surface area contributed by atoms with Gasteiger partial charge in [-0.2, -0.15) is 0 Å². The lowest BCUT2D eigenvalue weighted by Gasteiger charge is -2.35. The van der Waals surface area contributed by atoms with Crippen LogP contribution in [0.3, 0.4) is 0 Å². The Kier molecular flexibility index (Phi) is 5.78. The number of nitrogens with one attached hydrogen (secondary N) is 1. The molecular weight excluding hydrogens is 314 g/mol. The topological polar surface area (TPSA) is 92.5 Å². The number of likely N-dealkylation sites (tertiary alicyclic amines) is 1. The average Bonchev–Trinajstić information content (AvgIpc) is 2.52. The number of rotatable bonds is 6. The lowest BCUT2D eigenvalue weighted by molar-refractivity contribution is 0.1000. The normalized spacial score (nSPS) is 21.0. The summed E-state index contributed by atoms with van der Waals surface area (Å²) in [7, 11) is -3.58. The van der Waals surface area contributed by atoms with Crippen molar-refractivity contribution in [2.45, 2.75) is 37.6 Å². The van der Waals surface area contributed by atoms with Crippen molar-refractivity contribution in [1.29, 1.82) is 0 Å². The molecule has 3 N–H and O–H groups in total. The van der Waals surface area contributed by atoms with E-state index in [1.807, 2.05) is 6.92 Å². The highest BCUT2D eigenvalue weighted by Crippen LogP contribution is 2.18. The monoisotopic (exact) mass is 339 g/mol. The van der Waals surface area contributed by atoms with Crippen molar-refractivity contribution in [3.63, 3.8) is 0 Å². The summed E-state index contributed by atoms with van der Waals surface area (Å²) in [5.41, 5.74) is 5.45. The molecule has 0 aromatic heterocycles. The van der Waals surface area contributed by atoms with Crippen LogP contribution in [0.15, 0.2) is 29.2 Å². The number of nitrogens with two attached hydrogens (primary N) is 1. The fourth-order valence-electron chi connectivity index (χ4n) is 2.87. The standard InChI is InChI=1S/C16H25N3O3S/c1-12-4-3-9-19(11-12)13(2)10-18-23(21,22)15-7-5-14(6-8-15)16(17)20/h5-8,12-13,18H,3-4,9-11H2,1-2H3,(H2,17,20)/t12-,13+/m0/s1. The summed E-state index contributed by atoms with van der Waals surface area (Å²) in [5.74, 6) is 0.0823. The number of carbonyl (C=O) groups is 1. The largest absolute Gasteiger partial charge is 0.366 e. The molecule has 2 atom stereocenters. The molecule has 0 bridgehead atoms. The average molecular weight is 339 g/mol. The molecule has 1 saturated heterocycles. The van der Waals surface area contributed by atoms with E-state index in [1.165, 1.54) is 30.7 Å². The zero-order chi connectivity index (χ0) is 17.0. The molecule has 1 amide bonds. The Morgan fingerprint density at radius 2 is 2.04 bits per heavy atom. The molecule has 0 unspecified atom stereocenters. The van der Waals surface area contributed by atoms with Gasteiger partial charge in [-0.05, 0) is 56.5 Å². The molecule has 1 aliphatic rings. The van der Waals surface area contributed by atoms with Crippen LogP contribution in [0.1, 0.15) is 37.0 Å². The van der Waals surface area contributed by atoms with E-state index in [1.54, 1.807) is 0 Å². The number of sulfonamides is 1. The molecule has 0 saturated carbocycles. The van der Waals surface area contributed by atoms with Crippen LogP contribution in [0.25, 0.3) is 0 Å². The smallest absolute Gasteiger partial charge is 0.248 e. The van der Waals surface area contributed by atoms with Gasteiger partial charge in [0.15, 0.2) is 0 Å². The number of primary amides is 1. The Morgan fingerprint density at radius 1 is 1.39 bits per heavy atom. The predicted molar refractivity (Wildman–Crippen MR) is 89.6 cm³/mol. The third-order valence-electron chi connectivity index (χ3n) is 4.33. The van der Waals surface area contributed by atoms with E-state index in [4.69, 9.17) is 5.73 Å². The van der Waals surface area contributed by atoms with E-state index >= 15 is 0 Å². The molecule has 1 aromatic carbocycles. The highest BCUT2D eigenvalue weighted by molar-refractivity contribution is 7.89. The maximum absolute atomic E-state index is 12.3. The molecule has 7 heteroatoms. The summed E-state index contributed by atoms with van der Waals surface area (Å²) in [6.45, 7) is 6.66. The Balaban J connectivity index is 1.96. The zero-order valence-electron chi connectivity index (χ0n) is 13.7. The second-order valence-corrected chi connectivity index (χ2v) is 8.10. The van der Waals surface area contributed by atoms with Crippen molar-refractivity contribution in [2.75, 3.05) is 19.6 Å². The van der Waals surface area contributed by atoms with Crippen molar-refractivity contribution >= 4 is 15.9 Å². The van der Waals surface area contributed by atoms with Gasteiger partial charge in [0.1, 0.15) is 0 Å². The molecule has 6 nitrogen and oxygen atoms in total. The lowest BCUT2D eigenvalue weighted by Crippen LogP contribution is -2.46. The Bertz CT molecular complexity index is 643. The van der Waals surface area contributed by atoms with Crippen LogP contribution in [0.2, 0.25) is 0 Å². The van der Waals surface area contributed by atoms with Gasteiger partial charge < -0.3 is 5.73 Å². The van der Waals surface area contributed by atoms with Gasteiger partial charge in [-0.3, -0.25) is 9.69 Å². The van der Waals surface area contributed by atoms with E-state index in [0.29, 0.717) is 18.0 Å². The maximum atomic E-state index is 12.3. The van der Waals surface area contributed by atoms with Crippen LogP contribution in [0.5, 0.6) is 0 Å². The van der Waals surface area contributed by atoms with E-state index in [0.717, 1.165) is 19.5 Å². The van der Waals surface area contributed by atoms with Crippen molar-refractivity contribution in [3.05, 3.63) is 29.8 Å². The van der Waals surface area contributed by atoms with Crippen LogP contribution >= 0.6 is 0 Å². The quantitative estimate of drug-likeness (QED) is 0.814. The van der Waals surface area contributed by atoms with Crippen LogP contribution < -0.4 is 10.5 Å². The molecule has 0 spiro atoms. The van der Waals surface area contributed by atoms with Gasteiger partial charge in [0.05, 0.1) is 4.90 Å². The highest BCUT2D eigenvalue weighted by atomic mass is 32.2. The lowest BCUT2D eigenvalue weighted by atomic mass is 9.99. The summed E-state index contributed by atoms with van der Waals surface area (Å²) in [6.07, 6.45) is 2.40. The Hall–Kier alpha value is -1.44. The third kappa shape index (κ3) is 4.76. The molecule has 1 aromatic rings. The van der Waals surface area contributed by atoms with E-state index in [9.17, 15) is 13.2 Å². The minimum Gasteiger partial charge on any atom is -0.366 e. The molecule has 23 heavy (non-hydrogen) atoms. The van der Waals surface area contributed by atoms with Crippen LogP contribution in [0.4, 0.5) is 0 Å². The second-order valence-electron chi connectivity index (χ2n) is 6.33. The van der Waals surface area contributed by atoms with Crippen LogP contribution in [0, 0.1) is 5.92 Å². The van der Waals surface area contributed by atoms with Crippen molar-refractivity contribution in [2.24, 2.45) is 11.7 Å². The van der Waals surface area contributed by atoms with Crippen molar-refractivity contribution in [1.82, 2.24) is 9.62 Å². The third-order valence-corrected chi connectivity index (χ3v) is 5.77. The van der Waals surface area contributed by atoms with Gasteiger partial charge in [-0.25, -0.2) is 13.1 Å². The first kappa shape index (κ1) is 17.9. The van der Waals surface area contributed by atoms with Gasteiger partial charge >= 0.3 is 0 Å². The number of benzene rings is 1. The summed E-state index contributed by atoms with van der Waals surface area (Å²) >= 11 is 0. The second kappa shape index (κ2) is 7.42. The van der Waals surface area contributed by atoms with Crippen molar-refractivity contribution < 1.29 is 13.2 Å². The molecule has 2 rings (SSSR count). The Labute approximate surface area is 138 Å². The highest BCUT2D eigenvalue weighted by Gasteiger charge is 2.22. The van der Waals surface area contributed by atoms with Gasteiger partial charge in [0, 0.05) is 24.7 Å². The number of hydrogen-bond donors (Lipinski definition) is 2. The van der Waals surface area contributed by atoms with Crippen LogP contribution in [-0.4, -0.2) is 44.9 Å². The Morgan fingerprint density at radius 3 is 2.61 bits per heavy atom. The number of hydrogen-bond acceptors (Lipinski definition) is 4. The fourth-order valence-corrected chi connectivity index (χ4v) is 3.99. The molecule has 1 fully saturated rings. The predicted octanol–water partition coefficient (Wildman–Crippen LogP) is 1.18. The molecule has 0 aliphatic carbocycles. The van der Waals surface area contributed by atoms with E-state index in [2.05, 4.69) is 16.5 Å². The minimum absolute atomic E-state index is 0.140. The zero-order valence-corrected chi connectivity index (χ0v) is 14.5. The SMILES string of the molecule is C[C@H]1CCCN([C@H](C)CNS(=O)(=O)c2ccc(C(N)=O)cc2)C1. The van der Waals surface area contributed by atoms with E-state index in [-0.39, 0.29) is 10.9 Å². The van der Waals surface area contributed by atoms with Crippen molar-refractivity contribution in [3.8, 4) is 0 Å². The first-order chi connectivity index (χ1) is 10.8. The maximum Gasteiger partial charge on any atom is 0.248 e. The molecular formula is C16H25N3O3S. The molecule has 1 aliphatic heterocycles. The fraction of sp³-hybridized carbons (Fsp3) is 0.562. The summed E-state index contributed by atoms with van der Waals surface area (Å²) in [4.78, 5) is 13.5. The van der Waals surface area contributed by atoms with Gasteiger partial charge in [-0.15, -0.1) is 0 Å². The van der Waals surface area contributed by atoms with E-state index < -0.39 is 15.9 Å². The first-order valence-corrected chi connectivity index (χ1v) is 9.41. The summed E-state index contributed by atoms with van der Waals surface area (Å²) < 4.78 is 27.3. The summed E-state index contributed by atoms with van der Waals surface area (Å²) in [6, 6.07) is 5.79. The van der Waals surface area contributed by atoms with Crippen LogP contribution in [-0.2, 0) is 10.0 Å². The number of nitrogens with zero attached hydrogens (tertiary/aromatic N) is 1. The number of carbonyl (C=O) groups excluding carboxylic acids is 1. The molecule has 1 heterocycles. The number of piperidine rings is 1. The molecule has 0 radical (unpaired) electrons. The van der Waals surface area contributed by atoms with Gasteiger partial charge in [-0.1, -0.05) is 6.92 Å².